The van der Waals surface area contributed by atoms with Gasteiger partial charge in [-0.3, -0.25) is 24.0 Å². The Kier molecular flexibility index (Phi) is 10.2. The Morgan fingerprint density at radius 1 is 1.12 bits per heavy atom. The van der Waals surface area contributed by atoms with E-state index < -0.39 is 54.3 Å². The number of hydrogen-bond donors (Lipinski definition) is 7. The van der Waals surface area contributed by atoms with Crippen molar-refractivity contribution >= 4 is 42.2 Å². The van der Waals surface area contributed by atoms with E-state index in [0.717, 1.165) is 0 Å². The number of aliphatic carboxylic acids is 1. The van der Waals surface area contributed by atoms with Crippen molar-refractivity contribution in [2.24, 2.45) is 11.5 Å². The van der Waals surface area contributed by atoms with Gasteiger partial charge in [-0.25, -0.2) is 0 Å². The monoisotopic (exact) mass is 377 g/mol. The fourth-order valence-corrected chi connectivity index (χ4v) is 1.80. The molecular weight excluding hydrogens is 354 g/mol. The van der Waals surface area contributed by atoms with Gasteiger partial charge in [0, 0.05) is 12.2 Å². The van der Waals surface area contributed by atoms with E-state index in [-0.39, 0.29) is 18.6 Å². The van der Waals surface area contributed by atoms with Gasteiger partial charge in [0.1, 0.15) is 12.1 Å². The number of amides is 4. The summed E-state index contributed by atoms with van der Waals surface area (Å²) >= 11 is 3.94. The zero-order valence-electron chi connectivity index (χ0n) is 13.7. The van der Waals surface area contributed by atoms with E-state index in [1.165, 1.54) is 6.92 Å². The van der Waals surface area contributed by atoms with Gasteiger partial charge in [-0.15, -0.1) is 0 Å². The molecule has 0 aromatic heterocycles. The Balaban J connectivity index is 4.42. The predicted octanol–water partition coefficient (Wildman–Crippen LogP) is -3.30. The van der Waals surface area contributed by atoms with E-state index in [1.54, 1.807) is 0 Å². The zero-order valence-corrected chi connectivity index (χ0v) is 14.5. The number of thiol groups is 1. The standard InChI is InChI=1S/C13H23N5O6S/c1-6(13(23)24)17-10(20)4-16-12(22)8(5-25)18-11(21)7(14)2-3-9(15)19/h6-8,25H,2-5,14H2,1H3,(H2,15,19)(H,16,22)(H,17,20)(H,18,21)(H,23,24). The fraction of sp³-hybridized carbons (Fsp3) is 0.615. The number of rotatable bonds is 11. The number of primary amides is 1. The normalized spacial score (nSPS) is 13.9. The molecule has 142 valence electrons. The van der Waals surface area contributed by atoms with Crippen LogP contribution in [0.2, 0.25) is 0 Å². The van der Waals surface area contributed by atoms with Crippen LogP contribution in [0.15, 0.2) is 0 Å². The first-order valence-electron chi connectivity index (χ1n) is 7.33. The Morgan fingerprint density at radius 3 is 2.20 bits per heavy atom. The van der Waals surface area contributed by atoms with Crippen LogP contribution in [-0.4, -0.2) is 65.1 Å². The van der Waals surface area contributed by atoms with Gasteiger partial charge in [0.05, 0.1) is 12.6 Å². The van der Waals surface area contributed by atoms with Gasteiger partial charge in [0.2, 0.25) is 23.6 Å². The van der Waals surface area contributed by atoms with Gasteiger partial charge in [0.25, 0.3) is 0 Å². The molecule has 0 spiro atoms. The minimum atomic E-state index is -1.22. The Labute approximate surface area is 149 Å². The summed E-state index contributed by atoms with van der Waals surface area (Å²) < 4.78 is 0. The molecule has 0 radical (unpaired) electrons. The van der Waals surface area contributed by atoms with Crippen LogP contribution in [0.3, 0.4) is 0 Å². The van der Waals surface area contributed by atoms with Gasteiger partial charge in [-0.1, -0.05) is 0 Å². The molecule has 0 aromatic rings. The largest absolute Gasteiger partial charge is 0.480 e. The Bertz CT molecular complexity index is 529. The van der Waals surface area contributed by atoms with Crippen LogP contribution in [0.5, 0.6) is 0 Å². The van der Waals surface area contributed by atoms with Crippen molar-refractivity contribution in [2.45, 2.75) is 37.9 Å². The van der Waals surface area contributed by atoms with Crippen molar-refractivity contribution in [3.05, 3.63) is 0 Å². The van der Waals surface area contributed by atoms with Gasteiger partial charge < -0.3 is 32.5 Å². The lowest BCUT2D eigenvalue weighted by Crippen LogP contribution is -2.54. The molecule has 0 saturated carbocycles. The van der Waals surface area contributed by atoms with Crippen LogP contribution in [0.4, 0.5) is 0 Å². The SMILES string of the molecule is CC(NC(=O)CNC(=O)C(CS)NC(=O)C(N)CCC(N)=O)C(=O)O. The third kappa shape index (κ3) is 9.52. The first kappa shape index (κ1) is 22.7. The molecule has 0 bridgehead atoms. The van der Waals surface area contributed by atoms with Crippen LogP contribution in [0.25, 0.3) is 0 Å². The molecule has 4 amide bonds. The zero-order chi connectivity index (χ0) is 19.6. The highest BCUT2D eigenvalue weighted by molar-refractivity contribution is 7.80. The van der Waals surface area contributed by atoms with Crippen LogP contribution >= 0.6 is 12.6 Å². The number of nitrogens with one attached hydrogen (secondary N) is 3. The first-order valence-corrected chi connectivity index (χ1v) is 7.96. The second-order valence-electron chi connectivity index (χ2n) is 5.20. The number of hydrogen-bond acceptors (Lipinski definition) is 7. The fourth-order valence-electron chi connectivity index (χ4n) is 1.55. The van der Waals surface area contributed by atoms with Gasteiger partial charge in [0.15, 0.2) is 0 Å². The third-order valence-electron chi connectivity index (χ3n) is 3.03. The summed E-state index contributed by atoms with van der Waals surface area (Å²) in [5.74, 6) is -3.94. The van der Waals surface area contributed by atoms with Crippen LogP contribution < -0.4 is 27.4 Å². The van der Waals surface area contributed by atoms with Crippen LogP contribution in [-0.2, 0) is 24.0 Å². The molecule has 25 heavy (non-hydrogen) atoms. The number of carbonyl (C=O) groups is 5. The van der Waals surface area contributed by atoms with E-state index in [0.29, 0.717) is 0 Å². The van der Waals surface area contributed by atoms with Crippen molar-refractivity contribution in [3.63, 3.8) is 0 Å². The quantitative estimate of drug-likeness (QED) is 0.183. The summed E-state index contributed by atoms with van der Waals surface area (Å²) in [4.78, 5) is 56.5. The Hall–Kier alpha value is -2.34. The maximum Gasteiger partial charge on any atom is 0.325 e. The summed E-state index contributed by atoms with van der Waals surface area (Å²) in [6.45, 7) is 0.802. The highest BCUT2D eigenvalue weighted by Crippen LogP contribution is 1.96. The maximum atomic E-state index is 11.9. The summed E-state index contributed by atoms with van der Waals surface area (Å²) in [6, 6.07) is -3.18. The lowest BCUT2D eigenvalue weighted by Gasteiger charge is -2.19. The molecule has 3 unspecified atom stereocenters. The van der Waals surface area contributed by atoms with Crippen molar-refractivity contribution < 1.29 is 29.1 Å². The van der Waals surface area contributed by atoms with Gasteiger partial charge >= 0.3 is 5.97 Å². The number of carboxylic acid groups (broad SMARTS) is 1. The van der Waals surface area contributed by atoms with Crippen molar-refractivity contribution in [1.82, 2.24) is 16.0 Å². The Morgan fingerprint density at radius 2 is 1.72 bits per heavy atom. The lowest BCUT2D eigenvalue weighted by molar-refractivity contribution is -0.141. The van der Waals surface area contributed by atoms with E-state index in [1.807, 2.05) is 0 Å². The van der Waals surface area contributed by atoms with E-state index in [4.69, 9.17) is 16.6 Å². The van der Waals surface area contributed by atoms with Gasteiger partial charge in [-0.2, -0.15) is 12.6 Å². The molecule has 0 aromatic carbocycles. The number of carboxylic acids is 1. The summed E-state index contributed by atoms with van der Waals surface area (Å²) in [6.07, 6.45) is -0.0498. The number of carbonyl (C=O) groups excluding carboxylic acids is 4. The summed E-state index contributed by atoms with van der Waals surface area (Å²) in [5.41, 5.74) is 10.5. The van der Waals surface area contributed by atoms with Crippen LogP contribution in [0.1, 0.15) is 19.8 Å². The first-order chi connectivity index (χ1) is 11.6. The average Bonchev–Trinajstić information content (AvgIpc) is 2.54. The minimum Gasteiger partial charge on any atom is -0.480 e. The summed E-state index contributed by atoms with van der Waals surface area (Å²) in [5, 5.41) is 15.4. The van der Waals surface area contributed by atoms with Gasteiger partial charge in [-0.05, 0) is 13.3 Å². The van der Waals surface area contributed by atoms with E-state index >= 15 is 0 Å². The smallest absolute Gasteiger partial charge is 0.325 e. The molecule has 0 aliphatic carbocycles. The average molecular weight is 377 g/mol. The van der Waals surface area contributed by atoms with Crippen LogP contribution in [0, 0.1) is 0 Å². The molecule has 0 saturated heterocycles. The second kappa shape index (κ2) is 11.3. The maximum absolute atomic E-state index is 11.9. The van der Waals surface area contributed by atoms with E-state index in [2.05, 4.69) is 28.6 Å². The molecule has 11 nitrogen and oxygen atoms in total. The second-order valence-corrected chi connectivity index (χ2v) is 5.57. The minimum absolute atomic E-state index is 0.0254. The molecule has 0 aliphatic heterocycles. The topological polar surface area (TPSA) is 194 Å². The predicted molar refractivity (Wildman–Crippen MR) is 90.4 cm³/mol. The van der Waals surface area contributed by atoms with Crippen molar-refractivity contribution in [2.75, 3.05) is 12.3 Å². The molecule has 0 aliphatic rings. The van der Waals surface area contributed by atoms with Crippen molar-refractivity contribution in [1.29, 1.82) is 0 Å². The third-order valence-corrected chi connectivity index (χ3v) is 3.39. The highest BCUT2D eigenvalue weighted by Gasteiger charge is 2.23. The number of nitrogens with two attached hydrogens (primary N) is 2. The molecule has 0 fully saturated rings. The highest BCUT2D eigenvalue weighted by atomic mass is 32.1. The molecule has 12 heteroatoms. The van der Waals surface area contributed by atoms with Crippen molar-refractivity contribution in [3.8, 4) is 0 Å². The molecular formula is C13H23N5O6S. The van der Waals surface area contributed by atoms with E-state index in [9.17, 15) is 24.0 Å². The molecule has 0 rings (SSSR count). The lowest BCUT2D eigenvalue weighted by atomic mass is 10.1. The molecule has 8 N–H and O–H groups in total. The molecule has 0 heterocycles. The summed E-state index contributed by atoms with van der Waals surface area (Å²) in [7, 11) is 0. The molecule has 3 atom stereocenters.